The molecule has 0 radical (unpaired) electrons. The lowest BCUT2D eigenvalue weighted by Crippen LogP contribution is -2.49. The number of carbonyl (C=O) groups is 2. The number of methoxy groups -OCH3 is 1. The zero-order chi connectivity index (χ0) is 26.1. The summed E-state index contributed by atoms with van der Waals surface area (Å²) in [7, 11) is 1.26. The Kier molecular flexibility index (Phi) is 9.97. The van der Waals surface area contributed by atoms with E-state index in [9.17, 15) is 13.8 Å². The van der Waals surface area contributed by atoms with E-state index in [4.69, 9.17) is 14.3 Å². The van der Waals surface area contributed by atoms with Crippen LogP contribution in [0.3, 0.4) is 0 Å². The molecule has 9 nitrogen and oxygen atoms in total. The summed E-state index contributed by atoms with van der Waals surface area (Å²) in [4.78, 5) is 31.3. The second-order valence-corrected chi connectivity index (χ2v) is 10.0. The number of hydrogen-bond acceptors (Lipinski definition) is 6. The van der Waals surface area contributed by atoms with Gasteiger partial charge in [0, 0.05) is 17.0 Å². The van der Waals surface area contributed by atoms with Crippen LogP contribution in [0.25, 0.3) is 0 Å². The minimum Gasteiger partial charge on any atom is -0.453 e. The van der Waals surface area contributed by atoms with E-state index in [2.05, 4.69) is 15.4 Å². The van der Waals surface area contributed by atoms with Crippen molar-refractivity contribution in [3.05, 3.63) is 81.3 Å². The zero-order valence-corrected chi connectivity index (χ0v) is 21.9. The van der Waals surface area contributed by atoms with E-state index in [-0.39, 0.29) is 5.91 Å². The Morgan fingerprint density at radius 2 is 1.72 bits per heavy atom. The molecule has 0 fully saturated rings. The van der Waals surface area contributed by atoms with Crippen LogP contribution in [0.15, 0.2) is 54.6 Å². The van der Waals surface area contributed by atoms with Gasteiger partial charge in [0.15, 0.2) is 0 Å². The van der Waals surface area contributed by atoms with E-state index in [0.717, 1.165) is 33.1 Å². The van der Waals surface area contributed by atoms with Crippen LogP contribution in [0.1, 0.15) is 39.7 Å². The highest BCUT2D eigenvalue weighted by Gasteiger charge is 2.27. The maximum absolute atomic E-state index is 13.4. The van der Waals surface area contributed by atoms with Crippen LogP contribution in [0.4, 0.5) is 10.5 Å². The van der Waals surface area contributed by atoms with Crippen molar-refractivity contribution in [2.24, 2.45) is 0 Å². The fourth-order valence-electron chi connectivity index (χ4n) is 3.71. The van der Waals surface area contributed by atoms with Crippen LogP contribution in [0.2, 0.25) is 0 Å². The summed E-state index contributed by atoms with van der Waals surface area (Å²) in [5, 5.41) is 6.49. The van der Waals surface area contributed by atoms with Gasteiger partial charge < -0.3 is 15.4 Å². The molecular formula is C25H30N4O5S2. The van der Waals surface area contributed by atoms with Gasteiger partial charge in [0.05, 0.1) is 18.8 Å². The Balaban J connectivity index is 1.85. The predicted molar refractivity (Wildman–Crippen MR) is 141 cm³/mol. The maximum atomic E-state index is 13.4. The molecule has 3 aromatic rings. The van der Waals surface area contributed by atoms with Gasteiger partial charge >= 0.3 is 6.09 Å². The van der Waals surface area contributed by atoms with Crippen LogP contribution < -0.4 is 15.4 Å². The molecule has 0 saturated heterocycles. The molecule has 0 aliphatic carbocycles. The Hall–Kier alpha value is -3.28. The molecule has 0 aliphatic rings. The van der Waals surface area contributed by atoms with Crippen LogP contribution in [0, 0.1) is 6.92 Å². The van der Waals surface area contributed by atoms with Crippen LogP contribution >= 0.6 is 11.3 Å². The van der Waals surface area contributed by atoms with Crippen LogP contribution in [-0.2, 0) is 40.1 Å². The largest absolute Gasteiger partial charge is 0.453 e. The highest BCUT2D eigenvalue weighted by Crippen LogP contribution is 2.27. The van der Waals surface area contributed by atoms with Gasteiger partial charge in [-0.1, -0.05) is 49.4 Å². The van der Waals surface area contributed by atoms with Gasteiger partial charge in [-0.2, -0.15) is 0 Å². The number of thiazole rings is 1. The number of aryl methyl sites for hydroxylation is 2. The molecule has 11 heteroatoms. The van der Waals surface area contributed by atoms with Gasteiger partial charge in [0.25, 0.3) is 11.3 Å². The summed E-state index contributed by atoms with van der Waals surface area (Å²) in [5.41, 5.74) is 3.28. The second kappa shape index (κ2) is 13.1. The maximum Gasteiger partial charge on any atom is 0.407 e. The van der Waals surface area contributed by atoms with Gasteiger partial charge in [0.1, 0.15) is 11.0 Å². The van der Waals surface area contributed by atoms with Crippen molar-refractivity contribution in [3.63, 3.8) is 0 Å². The molecule has 0 aliphatic heterocycles. The first-order valence-electron chi connectivity index (χ1n) is 11.4. The topological polar surface area (TPSA) is 130 Å². The molecule has 1 unspecified atom stereocenters. The number of aromatic nitrogens is 1. The Labute approximate surface area is 217 Å². The van der Waals surface area contributed by atoms with Crippen molar-refractivity contribution in [2.75, 3.05) is 11.8 Å². The monoisotopic (exact) mass is 530 g/mol. The molecule has 4 N–H and O–H groups in total. The Morgan fingerprint density at radius 1 is 1.06 bits per heavy atom. The number of nitrogens with one attached hydrogen (secondary N) is 3. The summed E-state index contributed by atoms with van der Waals surface area (Å²) in [6, 6.07) is 15.2. The zero-order valence-electron chi connectivity index (χ0n) is 20.3. The van der Waals surface area contributed by atoms with E-state index < -0.39 is 29.4 Å². The third kappa shape index (κ3) is 7.87. The number of nitrogens with zero attached hydrogens (tertiary/aromatic N) is 1. The van der Waals surface area contributed by atoms with Crippen molar-refractivity contribution in [1.82, 2.24) is 15.6 Å². The Morgan fingerprint density at radius 3 is 2.31 bits per heavy atom. The van der Waals surface area contributed by atoms with Crippen LogP contribution in [-0.4, -0.2) is 38.9 Å². The van der Waals surface area contributed by atoms with Crippen molar-refractivity contribution < 1.29 is 23.1 Å². The van der Waals surface area contributed by atoms with Crippen molar-refractivity contribution >= 4 is 40.3 Å². The first-order valence-corrected chi connectivity index (χ1v) is 13.3. The number of carbonyl (C=O) groups excluding carboxylic acids is 2. The van der Waals surface area contributed by atoms with Gasteiger partial charge in [-0.25, -0.2) is 14.0 Å². The van der Waals surface area contributed by atoms with Crippen molar-refractivity contribution in [2.45, 2.75) is 45.2 Å². The average molecular weight is 531 g/mol. The van der Waals surface area contributed by atoms with E-state index in [1.165, 1.54) is 18.4 Å². The number of hydrogen-bond donors (Lipinski definition) is 4. The molecule has 2 amide bonds. The number of alkyl carbamates (subject to hydrolysis) is 1. The number of anilines is 1. The number of amides is 2. The lowest BCUT2D eigenvalue weighted by Gasteiger charge is -2.22. The van der Waals surface area contributed by atoms with E-state index in [0.29, 0.717) is 18.5 Å². The summed E-state index contributed by atoms with van der Waals surface area (Å²) >= 11 is -0.630. The highest BCUT2D eigenvalue weighted by atomic mass is 32.2. The first kappa shape index (κ1) is 27.3. The molecule has 2 aromatic carbocycles. The number of rotatable bonds is 11. The SMILES string of the molecule is CCc1nc([C@H](Cc2ccc(NS(=O)O)cc2)NC(=O)[C@H](Cc2ccccc2)NC(=O)OC)sc1C. The van der Waals surface area contributed by atoms with E-state index in [1.807, 2.05) is 56.3 Å². The molecule has 1 heterocycles. The minimum absolute atomic E-state index is 0.296. The van der Waals surface area contributed by atoms with Crippen molar-refractivity contribution in [3.8, 4) is 0 Å². The van der Waals surface area contributed by atoms with Gasteiger partial charge in [-0.05, 0) is 43.0 Å². The summed E-state index contributed by atoms with van der Waals surface area (Å²) < 4.78 is 27.2. The Bertz CT molecular complexity index is 1180. The molecule has 3 atom stereocenters. The lowest BCUT2D eigenvalue weighted by molar-refractivity contribution is -0.123. The fraction of sp³-hybridized carbons (Fsp3) is 0.320. The third-order valence-electron chi connectivity index (χ3n) is 5.53. The minimum atomic E-state index is -2.16. The third-order valence-corrected chi connectivity index (χ3v) is 7.07. The normalized spacial score (nSPS) is 13.3. The van der Waals surface area contributed by atoms with E-state index in [1.54, 1.807) is 12.1 Å². The molecule has 192 valence electrons. The molecule has 3 rings (SSSR count). The molecular weight excluding hydrogens is 500 g/mol. The standard InChI is InChI=1S/C25H30N4O5S2/c1-4-20-16(2)35-24(27-20)22(15-18-10-12-19(13-11-18)29-36(32)33)26-23(30)21(28-25(31)34-3)14-17-8-6-5-7-9-17/h5-13,21-22,29H,4,14-15H2,1-3H3,(H,26,30)(H,28,31)(H,32,33)/t21-,22-/m0/s1. The molecule has 0 spiro atoms. The van der Waals surface area contributed by atoms with E-state index >= 15 is 0 Å². The fourth-order valence-corrected chi connectivity index (χ4v) is 5.10. The number of benzene rings is 2. The summed E-state index contributed by atoms with van der Waals surface area (Å²) in [6.07, 6.45) is 0.831. The molecule has 0 saturated carbocycles. The lowest BCUT2D eigenvalue weighted by atomic mass is 10.0. The molecule has 1 aromatic heterocycles. The predicted octanol–water partition coefficient (Wildman–Crippen LogP) is 3.93. The van der Waals surface area contributed by atoms with Crippen molar-refractivity contribution in [1.29, 1.82) is 0 Å². The summed E-state index contributed by atoms with van der Waals surface area (Å²) in [5.74, 6) is -0.353. The van der Waals surface area contributed by atoms with Gasteiger partial charge in [-0.15, -0.1) is 11.3 Å². The molecule has 0 bridgehead atoms. The smallest absolute Gasteiger partial charge is 0.407 e. The highest BCUT2D eigenvalue weighted by molar-refractivity contribution is 7.80. The van der Waals surface area contributed by atoms with Crippen LogP contribution in [0.5, 0.6) is 0 Å². The van der Waals surface area contributed by atoms with Gasteiger partial charge in [0.2, 0.25) is 5.91 Å². The second-order valence-electron chi connectivity index (χ2n) is 8.10. The average Bonchev–Trinajstić information content (AvgIpc) is 3.25. The van der Waals surface area contributed by atoms with Gasteiger partial charge in [-0.3, -0.25) is 14.1 Å². The first-order chi connectivity index (χ1) is 17.3. The summed E-state index contributed by atoms with van der Waals surface area (Å²) in [6.45, 7) is 4.04. The quantitative estimate of drug-likeness (QED) is 0.278. The number of ether oxygens (including phenoxy) is 1. The molecule has 36 heavy (non-hydrogen) atoms.